The number of hydrogen-bond donors (Lipinski definition) is 9. The van der Waals surface area contributed by atoms with Crippen LogP contribution in [0.1, 0.15) is 12.5 Å². The van der Waals surface area contributed by atoms with Gasteiger partial charge in [0.1, 0.15) is 48.5 Å². The van der Waals surface area contributed by atoms with Crippen LogP contribution in [0.25, 0.3) is 11.2 Å². The van der Waals surface area contributed by atoms with Crippen LogP contribution >= 0.6 is 20.2 Å². The first-order valence-electron chi connectivity index (χ1n) is 12.9. The predicted octanol–water partition coefficient (Wildman–Crippen LogP) is -3.09. The first-order chi connectivity index (χ1) is 21.9. The molecule has 3 aromatic heterocycles. The van der Waals surface area contributed by atoms with Crippen molar-refractivity contribution in [1.82, 2.24) is 29.1 Å². The van der Waals surface area contributed by atoms with Crippen LogP contribution in [0, 0.1) is 0 Å². The molecule has 0 amide bonds. The number of aliphatic hydroxyl groups excluding tert-OH is 4. The molecule has 28 heteroatoms. The molecule has 5 heterocycles. The summed E-state index contributed by atoms with van der Waals surface area (Å²) >= 11 is 14.4. The largest absolute Gasteiger partial charge is 0.387 e. The fourth-order valence-electron chi connectivity index (χ4n) is 4.54. The Morgan fingerprint density at radius 3 is 1.89 bits per heavy atom. The zero-order valence-corrected chi connectivity index (χ0v) is 28.3. The molecule has 2 aliphatic rings. The normalized spacial score (nSPS) is 31.8. The summed E-state index contributed by atoms with van der Waals surface area (Å²) < 4.78 is 33.1. The summed E-state index contributed by atoms with van der Waals surface area (Å²) in [6.45, 7) is -15.2. The molecule has 0 aliphatic carbocycles. The lowest BCUT2D eigenvalue weighted by molar-refractivity contribution is -0.0526. The van der Waals surface area contributed by atoms with Crippen LogP contribution in [0.2, 0.25) is 0 Å². The van der Waals surface area contributed by atoms with Gasteiger partial charge in [-0.05, 0) is 35.4 Å². The van der Waals surface area contributed by atoms with Gasteiger partial charge in [-0.3, -0.25) is 18.9 Å². The van der Waals surface area contributed by atoms with E-state index in [0.29, 0.717) is 0 Å². The van der Waals surface area contributed by atoms with E-state index < -0.39 is 93.7 Å². The van der Waals surface area contributed by atoms with Crippen LogP contribution in [-0.2, 0) is 62.6 Å². The Hall–Kier alpha value is -1.54. The van der Waals surface area contributed by atoms with Gasteiger partial charge in [-0.1, -0.05) is 0 Å². The van der Waals surface area contributed by atoms with Gasteiger partial charge in [-0.25, -0.2) is 28.4 Å². The monoisotopic (exact) mass is 781 g/mol. The molecule has 47 heavy (non-hydrogen) atoms. The van der Waals surface area contributed by atoms with E-state index in [1.807, 2.05) is 4.98 Å². The van der Waals surface area contributed by atoms with Crippen LogP contribution in [0.15, 0.2) is 34.5 Å². The maximum atomic E-state index is 12.0. The van der Waals surface area contributed by atoms with Crippen molar-refractivity contribution in [3.8, 4) is 0 Å². The van der Waals surface area contributed by atoms with Crippen molar-refractivity contribution in [2.24, 2.45) is 0 Å². The van der Waals surface area contributed by atoms with Gasteiger partial charge in [-0.2, -0.15) is 0 Å². The summed E-state index contributed by atoms with van der Waals surface area (Å²) in [6.07, 6.45) is -8.42. The van der Waals surface area contributed by atoms with Gasteiger partial charge in [0, 0.05) is 12.3 Å². The summed E-state index contributed by atoms with van der Waals surface area (Å²) in [5, 5.41) is 41.8. The molecule has 0 radical (unpaired) electrons. The number of nitrogens with zero attached hydrogens (tertiary/aromatic N) is 5. The number of hydrogen-bond acceptors (Lipinski definition) is 19. The lowest BCUT2D eigenvalue weighted by Crippen LogP contribution is -2.37. The molecule has 5 rings (SSSR count). The molecule has 11 atom stereocenters. The molecule has 260 valence electrons. The maximum absolute atomic E-state index is 12.0. The molecular weight excluding hydrogens is 755 g/mol. The highest BCUT2D eigenvalue weighted by Gasteiger charge is 2.47. The Balaban J connectivity index is 1.15. The van der Waals surface area contributed by atoms with Crippen molar-refractivity contribution >= 4 is 72.6 Å². The Morgan fingerprint density at radius 1 is 0.830 bits per heavy atom. The number of aliphatic hydroxyl groups is 4. The van der Waals surface area contributed by atoms with E-state index in [-0.39, 0.29) is 17.0 Å². The molecule has 0 saturated carbocycles. The number of ether oxygens (including phenoxy) is 2. The minimum Gasteiger partial charge on any atom is -0.387 e. The maximum Gasteiger partial charge on any atom is 0.339 e. The second-order valence-electron chi connectivity index (χ2n) is 9.85. The zero-order chi connectivity index (χ0) is 34.5. The van der Waals surface area contributed by atoms with Crippen molar-refractivity contribution in [3.05, 3.63) is 45.8 Å². The minimum absolute atomic E-state index is 0.0677. The summed E-state index contributed by atoms with van der Waals surface area (Å²) in [7, 11) is 0. The zero-order valence-electron chi connectivity index (χ0n) is 23.1. The number of imidazole rings is 1. The standard InChI is InChI=1S/C19H26N7O15P3S3/c20-15-10-16(22-5-21-15)26(6-23-10)18-14(31)12(29)8(39-18)4-37-43(34,46)41-44(35,47)40-42(33,45)36-3-7-11(28)13(30)17(38-7)25-2-1-9(27)24-19(25)32/h1-2,5-8,11-14,17-18,28-31H,3-4H2,(H,33,45)(H,34,46)(H,35,47)(H2,20,21,22)(H,24,27,32)/t7-,8-,11-,12-,13-,14-,17-,18-,42?,43?,44?/m1/s1. The van der Waals surface area contributed by atoms with Crippen molar-refractivity contribution < 1.29 is 62.2 Å². The first kappa shape index (κ1) is 36.7. The predicted molar refractivity (Wildman–Crippen MR) is 166 cm³/mol. The fourth-order valence-corrected chi connectivity index (χ4v) is 12.4. The quantitative estimate of drug-likeness (QED) is 0.0823. The molecule has 3 aromatic rings. The van der Waals surface area contributed by atoms with Gasteiger partial charge >= 0.3 is 25.8 Å². The van der Waals surface area contributed by atoms with E-state index >= 15 is 0 Å². The molecule has 2 aliphatic heterocycles. The van der Waals surface area contributed by atoms with Gasteiger partial charge in [0.05, 0.1) is 19.5 Å². The van der Waals surface area contributed by atoms with Gasteiger partial charge in [0.25, 0.3) is 5.56 Å². The first-order valence-corrected chi connectivity index (χ1v) is 20.6. The lowest BCUT2D eigenvalue weighted by Gasteiger charge is -2.26. The number of aromatic nitrogens is 6. The molecule has 0 bridgehead atoms. The van der Waals surface area contributed by atoms with Gasteiger partial charge < -0.3 is 59.4 Å². The Morgan fingerprint density at radius 2 is 1.36 bits per heavy atom. The summed E-state index contributed by atoms with van der Waals surface area (Å²) in [6, 6.07) is 0.981. The number of nitrogens with two attached hydrogens (primary N) is 1. The van der Waals surface area contributed by atoms with Crippen LogP contribution in [0.5, 0.6) is 0 Å². The highest BCUT2D eigenvalue weighted by molar-refractivity contribution is 8.17. The average Bonchev–Trinajstić information content (AvgIpc) is 3.60. The average molecular weight is 782 g/mol. The molecule has 2 fully saturated rings. The van der Waals surface area contributed by atoms with Crippen LogP contribution in [-0.4, -0.2) is 114 Å². The van der Waals surface area contributed by atoms with Gasteiger partial charge in [-0.15, -0.1) is 0 Å². The molecule has 10 N–H and O–H groups in total. The van der Waals surface area contributed by atoms with E-state index in [2.05, 4.69) is 15.0 Å². The lowest BCUT2D eigenvalue weighted by atomic mass is 10.1. The number of anilines is 1. The second-order valence-corrected chi connectivity index (χ2v) is 18.6. The van der Waals surface area contributed by atoms with E-state index in [1.165, 1.54) is 10.9 Å². The number of rotatable bonds is 12. The van der Waals surface area contributed by atoms with Crippen molar-refractivity contribution in [2.75, 3.05) is 18.9 Å². The fraction of sp³-hybridized carbons (Fsp3) is 0.526. The minimum atomic E-state index is -4.72. The molecule has 2 saturated heterocycles. The molecule has 0 spiro atoms. The van der Waals surface area contributed by atoms with E-state index in [4.69, 9.17) is 68.3 Å². The van der Waals surface area contributed by atoms with E-state index in [9.17, 15) is 44.7 Å². The number of nitrogens with one attached hydrogen (secondary N) is 1. The third-order valence-corrected chi connectivity index (χ3v) is 14.0. The topological polar surface area (TPSA) is 321 Å². The summed E-state index contributed by atoms with van der Waals surface area (Å²) in [5.41, 5.74) is 4.53. The Bertz CT molecular complexity index is 1900. The molecule has 3 unspecified atom stereocenters. The van der Waals surface area contributed by atoms with Crippen molar-refractivity contribution in [1.29, 1.82) is 0 Å². The van der Waals surface area contributed by atoms with Gasteiger partial charge in [0.2, 0.25) is 0 Å². The van der Waals surface area contributed by atoms with Crippen molar-refractivity contribution in [3.63, 3.8) is 0 Å². The van der Waals surface area contributed by atoms with Crippen LogP contribution < -0.4 is 17.0 Å². The van der Waals surface area contributed by atoms with Crippen LogP contribution in [0.4, 0.5) is 5.82 Å². The van der Waals surface area contributed by atoms with Crippen LogP contribution in [0.3, 0.4) is 0 Å². The summed E-state index contributed by atoms with van der Waals surface area (Å²) in [5.74, 6) is 0.0677. The smallest absolute Gasteiger partial charge is 0.339 e. The van der Waals surface area contributed by atoms with Gasteiger partial charge in [0.15, 0.2) is 23.9 Å². The molecular formula is C19H26N7O15P3S3. The highest BCUT2D eigenvalue weighted by atomic mass is 32.5. The molecule has 0 aromatic carbocycles. The Kier molecular flexibility index (Phi) is 10.9. The molecule has 22 nitrogen and oxygen atoms in total. The third-order valence-electron chi connectivity index (χ3n) is 6.68. The third kappa shape index (κ3) is 8.27. The van der Waals surface area contributed by atoms with E-state index in [0.717, 1.165) is 23.2 Å². The summed E-state index contributed by atoms with van der Waals surface area (Å²) in [4.78, 5) is 68.7. The highest BCUT2D eigenvalue weighted by Crippen LogP contribution is 2.68. The number of fused-ring (bicyclic) bond motifs is 1. The number of nitrogen functional groups attached to an aromatic ring is 1. The number of H-pyrrole nitrogens is 1. The second kappa shape index (κ2) is 14.0. The van der Waals surface area contributed by atoms with Crippen molar-refractivity contribution in [2.45, 2.75) is 49.1 Å². The SMILES string of the molecule is Nc1ncnc2c1ncn2[C@@H]1O[C@H](COP(O)(=S)OP(O)(=S)OP(O)(=S)OC[C@H]2O[C@@H](n3ccc(=O)[nH]c3=O)[C@H](O)[C@@H]2O)[C@@H](O)[C@H]1O. The van der Waals surface area contributed by atoms with E-state index in [1.54, 1.807) is 0 Å². The number of aromatic amines is 1. The Labute approximate surface area is 277 Å².